The fourth-order valence-corrected chi connectivity index (χ4v) is 4.39. The molecule has 2 aromatic heterocycles. The molecule has 0 saturated carbocycles. The van der Waals surface area contributed by atoms with Gasteiger partial charge >= 0.3 is 5.97 Å². The molecule has 0 atom stereocenters. The normalized spacial score (nSPS) is 13.0. The Balaban J connectivity index is 1.36. The average Bonchev–Trinajstić information content (AvgIpc) is 3.22. The molecule has 140 valence electrons. The lowest BCUT2D eigenvalue weighted by molar-refractivity contribution is -0.147. The van der Waals surface area contributed by atoms with Crippen molar-refractivity contribution in [1.82, 2.24) is 9.97 Å². The van der Waals surface area contributed by atoms with E-state index < -0.39 is 5.97 Å². The number of aromatic nitrogens is 2. The van der Waals surface area contributed by atoms with Crippen LogP contribution in [0.4, 0.5) is 0 Å². The first-order valence-electron chi connectivity index (χ1n) is 8.90. The van der Waals surface area contributed by atoms with Crippen LogP contribution in [0.2, 0.25) is 0 Å². The van der Waals surface area contributed by atoms with Crippen molar-refractivity contribution in [2.75, 3.05) is 6.61 Å². The Bertz CT molecular complexity index is 1080. The molecule has 1 N–H and O–H groups in total. The number of rotatable bonds is 5. The fourth-order valence-electron chi connectivity index (χ4n) is 3.34. The highest BCUT2D eigenvalue weighted by Gasteiger charge is 2.14. The maximum Gasteiger partial charge on any atom is 0.344 e. The monoisotopic (exact) mass is 384 g/mol. The van der Waals surface area contributed by atoms with Gasteiger partial charge in [0.2, 0.25) is 0 Å². The lowest BCUT2D eigenvalue weighted by atomic mass is 10.1. The zero-order valence-corrected chi connectivity index (χ0v) is 16.1. The van der Waals surface area contributed by atoms with Crippen LogP contribution in [0.1, 0.15) is 33.8 Å². The summed E-state index contributed by atoms with van der Waals surface area (Å²) in [5.41, 5.74) is 3.38. The third-order valence-electron chi connectivity index (χ3n) is 4.88. The van der Waals surface area contributed by atoms with Gasteiger partial charge in [0, 0.05) is 4.88 Å². The summed E-state index contributed by atoms with van der Waals surface area (Å²) in [6.07, 6.45) is 3.33. The Morgan fingerprint density at radius 2 is 2.07 bits per heavy atom. The van der Waals surface area contributed by atoms with Crippen LogP contribution >= 0.6 is 11.3 Å². The number of carbonyl (C=O) groups excluding carboxylic acids is 1. The molecule has 0 saturated heterocycles. The Labute approximate surface area is 160 Å². The second-order valence-corrected chi connectivity index (χ2v) is 7.91. The highest BCUT2D eigenvalue weighted by atomic mass is 32.1. The van der Waals surface area contributed by atoms with Gasteiger partial charge in [0.15, 0.2) is 6.61 Å². The summed E-state index contributed by atoms with van der Waals surface area (Å²) in [6.45, 7) is 3.59. The van der Waals surface area contributed by atoms with E-state index >= 15 is 0 Å². The van der Waals surface area contributed by atoms with Gasteiger partial charge in [-0.3, -0.25) is 4.79 Å². The smallest absolute Gasteiger partial charge is 0.344 e. The number of thiophene rings is 1. The number of hydrogen-bond acceptors (Lipinski definition) is 6. The van der Waals surface area contributed by atoms with Crippen LogP contribution in [0.5, 0.6) is 5.75 Å². The Hall–Kier alpha value is -2.67. The Morgan fingerprint density at radius 3 is 2.93 bits per heavy atom. The van der Waals surface area contributed by atoms with Gasteiger partial charge in [-0.1, -0.05) is 6.07 Å². The number of carbonyl (C=O) groups is 1. The van der Waals surface area contributed by atoms with E-state index in [1.165, 1.54) is 28.9 Å². The molecule has 7 heteroatoms. The molecule has 0 aliphatic heterocycles. The number of fused-ring (bicyclic) bond motifs is 2. The first-order chi connectivity index (χ1) is 13.0. The van der Waals surface area contributed by atoms with Crippen LogP contribution in [0.15, 0.2) is 23.0 Å². The number of aryl methyl sites for hydroxylation is 4. The van der Waals surface area contributed by atoms with Crippen LogP contribution in [0.3, 0.4) is 0 Å². The van der Waals surface area contributed by atoms with Crippen molar-refractivity contribution in [3.63, 3.8) is 0 Å². The quantitative estimate of drug-likeness (QED) is 0.683. The third kappa shape index (κ3) is 3.60. The number of esters is 1. The standard InChI is InChI=1S/C20H20N2O4S/c1-11-12(2)27-20-18(11)19(24)21-16(22-20)9-26-17(23)10-25-15-7-6-13-4-3-5-14(13)8-15/h6-8H,3-5,9-10H2,1-2H3,(H,21,22,24). The fraction of sp³-hybridized carbons (Fsp3) is 0.350. The Kier molecular flexibility index (Phi) is 4.70. The van der Waals surface area contributed by atoms with Crippen molar-refractivity contribution >= 4 is 27.5 Å². The molecular formula is C20H20N2O4S. The molecule has 0 amide bonds. The predicted molar refractivity (Wildman–Crippen MR) is 103 cm³/mol. The zero-order chi connectivity index (χ0) is 19.0. The van der Waals surface area contributed by atoms with E-state index in [-0.39, 0.29) is 18.8 Å². The summed E-state index contributed by atoms with van der Waals surface area (Å²) < 4.78 is 10.7. The molecular weight excluding hydrogens is 364 g/mol. The zero-order valence-electron chi connectivity index (χ0n) is 15.3. The summed E-state index contributed by atoms with van der Waals surface area (Å²) in [5, 5.41) is 0.604. The van der Waals surface area contributed by atoms with Gasteiger partial charge in [0.1, 0.15) is 23.0 Å². The minimum Gasteiger partial charge on any atom is -0.482 e. The van der Waals surface area contributed by atoms with Crippen molar-refractivity contribution in [2.24, 2.45) is 0 Å². The van der Waals surface area contributed by atoms with E-state index in [0.29, 0.717) is 21.8 Å². The van der Waals surface area contributed by atoms with Crippen LogP contribution < -0.4 is 10.3 Å². The van der Waals surface area contributed by atoms with Crippen molar-refractivity contribution in [3.8, 4) is 5.75 Å². The topological polar surface area (TPSA) is 81.3 Å². The molecule has 4 rings (SSSR count). The Morgan fingerprint density at radius 1 is 1.26 bits per heavy atom. The van der Waals surface area contributed by atoms with Gasteiger partial charge < -0.3 is 14.5 Å². The minimum atomic E-state index is -0.503. The minimum absolute atomic E-state index is 0.0897. The van der Waals surface area contributed by atoms with E-state index in [4.69, 9.17) is 9.47 Å². The lowest BCUT2D eigenvalue weighted by Gasteiger charge is -2.08. The van der Waals surface area contributed by atoms with Gasteiger partial charge in [-0.05, 0) is 61.9 Å². The largest absolute Gasteiger partial charge is 0.482 e. The third-order valence-corrected chi connectivity index (χ3v) is 5.99. The molecule has 0 unspecified atom stereocenters. The number of nitrogens with zero attached hydrogens (tertiary/aromatic N) is 1. The van der Waals surface area contributed by atoms with E-state index in [2.05, 4.69) is 16.0 Å². The van der Waals surface area contributed by atoms with Crippen LogP contribution in [-0.2, 0) is 29.0 Å². The van der Waals surface area contributed by atoms with Gasteiger partial charge in [0.05, 0.1) is 5.39 Å². The number of nitrogens with one attached hydrogen (secondary N) is 1. The summed E-state index contributed by atoms with van der Waals surface area (Å²) in [7, 11) is 0. The molecule has 0 spiro atoms. The van der Waals surface area contributed by atoms with Crippen LogP contribution in [-0.4, -0.2) is 22.5 Å². The molecule has 27 heavy (non-hydrogen) atoms. The van der Waals surface area contributed by atoms with Crippen molar-refractivity contribution in [2.45, 2.75) is 39.7 Å². The maximum absolute atomic E-state index is 12.2. The molecule has 6 nitrogen and oxygen atoms in total. The van der Waals surface area contributed by atoms with E-state index in [0.717, 1.165) is 23.3 Å². The van der Waals surface area contributed by atoms with Crippen LogP contribution in [0, 0.1) is 13.8 Å². The highest BCUT2D eigenvalue weighted by Crippen LogP contribution is 2.26. The number of ether oxygens (including phenoxy) is 2. The molecule has 1 aromatic carbocycles. The maximum atomic E-state index is 12.2. The highest BCUT2D eigenvalue weighted by molar-refractivity contribution is 7.18. The van der Waals surface area contributed by atoms with Crippen molar-refractivity contribution in [1.29, 1.82) is 0 Å². The molecule has 2 heterocycles. The molecule has 3 aromatic rings. The van der Waals surface area contributed by atoms with Gasteiger partial charge in [-0.2, -0.15) is 0 Å². The summed E-state index contributed by atoms with van der Waals surface area (Å²) >= 11 is 1.46. The first-order valence-corrected chi connectivity index (χ1v) is 9.72. The molecule has 0 bridgehead atoms. The van der Waals surface area contributed by atoms with Gasteiger partial charge in [-0.15, -0.1) is 11.3 Å². The second-order valence-electron chi connectivity index (χ2n) is 6.71. The summed E-state index contributed by atoms with van der Waals surface area (Å²) in [6, 6.07) is 5.92. The second kappa shape index (κ2) is 7.15. The molecule has 0 radical (unpaired) electrons. The summed E-state index contributed by atoms with van der Waals surface area (Å²) in [4.78, 5) is 33.0. The molecule has 0 fully saturated rings. The number of benzene rings is 1. The van der Waals surface area contributed by atoms with E-state index in [9.17, 15) is 9.59 Å². The van der Waals surface area contributed by atoms with Gasteiger partial charge in [0.25, 0.3) is 5.56 Å². The molecule has 1 aliphatic rings. The van der Waals surface area contributed by atoms with Crippen molar-refractivity contribution in [3.05, 3.63) is 55.9 Å². The predicted octanol–water partition coefficient (Wildman–Crippen LogP) is 3.21. The first kappa shape index (κ1) is 17.7. The van der Waals surface area contributed by atoms with E-state index in [1.807, 2.05) is 26.0 Å². The van der Waals surface area contributed by atoms with Crippen molar-refractivity contribution < 1.29 is 14.3 Å². The summed E-state index contributed by atoms with van der Waals surface area (Å²) in [5.74, 6) is 0.501. The average molecular weight is 384 g/mol. The van der Waals surface area contributed by atoms with E-state index in [1.54, 1.807) is 0 Å². The number of aromatic amines is 1. The number of hydrogen-bond donors (Lipinski definition) is 1. The molecule has 1 aliphatic carbocycles. The van der Waals surface area contributed by atoms with Gasteiger partial charge in [-0.25, -0.2) is 9.78 Å². The van der Waals surface area contributed by atoms with Crippen LogP contribution in [0.25, 0.3) is 10.2 Å². The lowest BCUT2D eigenvalue weighted by Crippen LogP contribution is -2.18. The number of H-pyrrole nitrogens is 1. The SMILES string of the molecule is Cc1sc2nc(COC(=O)COc3ccc4c(c3)CCC4)[nH]c(=O)c2c1C.